The largest absolute Gasteiger partial charge is 0.503 e. The molecule has 1 fully saturated rings. The van der Waals surface area contributed by atoms with Gasteiger partial charge < -0.3 is 35.7 Å². The van der Waals surface area contributed by atoms with Crippen molar-refractivity contribution in [1.82, 2.24) is 25.0 Å². The van der Waals surface area contributed by atoms with Crippen LogP contribution in [0.1, 0.15) is 134 Å². The summed E-state index contributed by atoms with van der Waals surface area (Å²) < 4.78 is 28.6. The Morgan fingerprint density at radius 1 is 0.933 bits per heavy atom. The maximum atomic E-state index is 14.0. The van der Waals surface area contributed by atoms with Gasteiger partial charge in [-0.15, -0.1) is 0 Å². The number of aromatic hydroxyl groups is 1. The second-order valence-corrected chi connectivity index (χ2v) is 18.0. The summed E-state index contributed by atoms with van der Waals surface area (Å²) in [7, 11) is 3.99. The van der Waals surface area contributed by atoms with Gasteiger partial charge in [0.15, 0.2) is 17.2 Å². The van der Waals surface area contributed by atoms with E-state index in [1.807, 2.05) is 27.9 Å². The minimum Gasteiger partial charge on any atom is -0.503 e. The number of rotatable bonds is 18. The molecule has 11 nitrogen and oxygen atoms in total. The summed E-state index contributed by atoms with van der Waals surface area (Å²) >= 11 is 0. The van der Waals surface area contributed by atoms with Gasteiger partial charge in [0.2, 0.25) is 5.43 Å². The average molecular weight is 847 g/mol. The molecule has 3 heterocycles. The second kappa shape index (κ2) is 28.9. The van der Waals surface area contributed by atoms with E-state index in [4.69, 9.17) is 5.73 Å². The van der Waals surface area contributed by atoms with E-state index in [1.54, 1.807) is 4.90 Å². The summed E-state index contributed by atoms with van der Waals surface area (Å²) in [6.45, 7) is 24.7. The molecule has 1 aromatic carbocycles. The highest BCUT2D eigenvalue weighted by Gasteiger charge is 2.40. The van der Waals surface area contributed by atoms with E-state index in [0.29, 0.717) is 30.8 Å². The van der Waals surface area contributed by atoms with Gasteiger partial charge in [-0.25, -0.2) is 8.78 Å². The molecule has 0 aliphatic carbocycles. The average Bonchev–Trinajstić information content (AvgIpc) is 3.34. The minimum atomic E-state index is -0.908. The topological polar surface area (TPSA) is 150 Å². The van der Waals surface area contributed by atoms with Crippen LogP contribution in [0.5, 0.6) is 5.75 Å². The fourth-order valence-corrected chi connectivity index (χ4v) is 6.99. The zero-order chi connectivity index (χ0) is 45.5. The molecule has 4 atom stereocenters. The Kier molecular flexibility index (Phi) is 26.3. The summed E-state index contributed by atoms with van der Waals surface area (Å²) in [5, 5.41) is 17.0. The highest BCUT2D eigenvalue weighted by Crippen LogP contribution is 2.30. The zero-order valence-electron chi connectivity index (χ0n) is 38.8. The van der Waals surface area contributed by atoms with Gasteiger partial charge >= 0.3 is 0 Å². The number of nitrogens with two attached hydrogens (primary N) is 1. The van der Waals surface area contributed by atoms with Gasteiger partial charge in [0.1, 0.15) is 24.1 Å². The second-order valence-electron chi connectivity index (χ2n) is 18.0. The molecule has 342 valence electrons. The highest BCUT2D eigenvalue weighted by atomic mass is 19.1. The fraction of sp³-hybridized carbons (Fsp3) is 0.702. The Morgan fingerprint density at radius 3 is 2.08 bits per heavy atom. The summed E-state index contributed by atoms with van der Waals surface area (Å²) in [6.07, 6.45) is 9.32. The summed E-state index contributed by atoms with van der Waals surface area (Å²) in [5.74, 6) is 0.196. The monoisotopic (exact) mass is 847 g/mol. The number of fused-ring (bicyclic) bond motifs is 2. The highest BCUT2D eigenvalue weighted by molar-refractivity contribution is 6.00. The van der Waals surface area contributed by atoms with Gasteiger partial charge in [0, 0.05) is 44.2 Å². The van der Waals surface area contributed by atoms with Crippen molar-refractivity contribution in [2.24, 2.45) is 41.2 Å². The van der Waals surface area contributed by atoms with Crippen LogP contribution in [0.3, 0.4) is 0 Å². The summed E-state index contributed by atoms with van der Waals surface area (Å²) in [6, 6.07) is 3.11. The number of aromatic nitrogens is 1. The predicted octanol–water partition coefficient (Wildman–Crippen LogP) is 7.52. The van der Waals surface area contributed by atoms with Crippen molar-refractivity contribution < 1.29 is 28.3 Å². The summed E-state index contributed by atoms with van der Waals surface area (Å²) in [5.41, 5.74) is 4.29. The molecule has 2 aliphatic heterocycles. The van der Waals surface area contributed by atoms with Gasteiger partial charge in [-0.3, -0.25) is 19.3 Å². The van der Waals surface area contributed by atoms with Crippen molar-refractivity contribution in [3.8, 4) is 5.75 Å². The summed E-state index contributed by atoms with van der Waals surface area (Å²) in [4.78, 5) is 52.6. The van der Waals surface area contributed by atoms with Crippen molar-refractivity contribution in [2.75, 3.05) is 53.4 Å². The first-order chi connectivity index (χ1) is 28.3. The Labute approximate surface area is 360 Å². The third kappa shape index (κ3) is 19.5. The van der Waals surface area contributed by atoms with Crippen molar-refractivity contribution in [1.29, 1.82) is 0 Å². The van der Waals surface area contributed by atoms with E-state index in [9.17, 15) is 33.1 Å². The van der Waals surface area contributed by atoms with E-state index >= 15 is 0 Å². The smallest absolute Gasteiger partial charge is 0.275 e. The molecule has 1 aromatic heterocycles. The van der Waals surface area contributed by atoms with Crippen LogP contribution in [0, 0.1) is 47.1 Å². The number of aryl methyl sites for hydroxylation is 1. The Bertz CT molecular complexity index is 1630. The molecule has 1 amide bonds. The van der Waals surface area contributed by atoms with Crippen molar-refractivity contribution in [3.05, 3.63) is 63.1 Å². The predicted molar refractivity (Wildman–Crippen MR) is 240 cm³/mol. The van der Waals surface area contributed by atoms with Gasteiger partial charge in [0.05, 0.1) is 12.1 Å². The minimum absolute atomic E-state index is 0.0255. The molecule has 0 radical (unpaired) electrons. The third-order valence-electron chi connectivity index (χ3n) is 10.7. The number of carbonyl (C=O) groups excluding carboxylic acids is 3. The SMILES string of the molecule is CC(C)C=O.CC(C)CN1C[C@H](C)CCN2C(=O)c3c(O)c(=O)c(C(=O)CCc4ccc(F)cc4F)cn3CC12.CNCC[C@@H](C)CCCC(C)C.CNCC[C@@H](C)CN. The van der Waals surface area contributed by atoms with E-state index in [0.717, 1.165) is 62.9 Å². The first-order valence-electron chi connectivity index (χ1n) is 22.2. The van der Waals surface area contributed by atoms with Crippen molar-refractivity contribution >= 4 is 18.0 Å². The van der Waals surface area contributed by atoms with E-state index < -0.39 is 34.5 Å². The number of amides is 1. The van der Waals surface area contributed by atoms with Crippen molar-refractivity contribution in [2.45, 2.75) is 126 Å². The van der Waals surface area contributed by atoms with Gasteiger partial charge in [-0.2, -0.15) is 0 Å². The third-order valence-corrected chi connectivity index (χ3v) is 10.7. The molecule has 2 aliphatic rings. The number of hydrogen-bond donors (Lipinski definition) is 4. The van der Waals surface area contributed by atoms with E-state index in [-0.39, 0.29) is 41.7 Å². The van der Waals surface area contributed by atoms with Gasteiger partial charge in [-0.05, 0) is 101 Å². The van der Waals surface area contributed by atoms with Crippen LogP contribution in [-0.2, 0) is 17.8 Å². The van der Waals surface area contributed by atoms with Crippen LogP contribution >= 0.6 is 0 Å². The number of aldehydes is 1. The molecule has 60 heavy (non-hydrogen) atoms. The molecule has 0 bridgehead atoms. The number of ketones is 1. The Balaban J connectivity index is 0.000000587. The zero-order valence-corrected chi connectivity index (χ0v) is 38.8. The van der Waals surface area contributed by atoms with Crippen molar-refractivity contribution in [3.63, 3.8) is 0 Å². The number of hydrogen-bond acceptors (Lipinski definition) is 9. The number of benzene rings is 1. The normalized spacial score (nSPS) is 17.3. The lowest BCUT2D eigenvalue weighted by molar-refractivity contribution is -0.110. The van der Waals surface area contributed by atoms with Gasteiger partial charge in [0.25, 0.3) is 5.91 Å². The van der Waals surface area contributed by atoms with E-state index in [1.165, 1.54) is 55.5 Å². The molecule has 0 spiro atoms. The molecular weight excluding hydrogens is 767 g/mol. The van der Waals surface area contributed by atoms with Crippen LogP contribution in [0.2, 0.25) is 0 Å². The number of nitrogens with one attached hydrogen (secondary N) is 2. The lowest BCUT2D eigenvalue weighted by Gasteiger charge is -2.42. The van der Waals surface area contributed by atoms with E-state index in [2.05, 4.69) is 64.0 Å². The Hall–Kier alpha value is -3.52. The number of Topliss-reactive ketones (excluding diaryl/α,β-unsaturated/α-hetero) is 1. The number of nitrogens with zero attached hydrogens (tertiary/aromatic N) is 3. The van der Waals surface area contributed by atoms with Crippen LogP contribution in [0.15, 0.2) is 29.2 Å². The maximum Gasteiger partial charge on any atom is 0.275 e. The molecule has 2 aromatic rings. The van der Waals surface area contributed by atoms with Gasteiger partial charge in [-0.1, -0.05) is 87.6 Å². The molecular formula is C47H80F2N6O5. The fourth-order valence-electron chi connectivity index (χ4n) is 6.99. The maximum absolute atomic E-state index is 14.0. The first-order valence-corrected chi connectivity index (χ1v) is 22.2. The molecule has 0 saturated carbocycles. The first kappa shape index (κ1) is 54.5. The Morgan fingerprint density at radius 2 is 1.55 bits per heavy atom. The molecule has 1 unspecified atom stereocenters. The number of pyridine rings is 1. The van der Waals surface area contributed by atoms with Crippen LogP contribution in [0.4, 0.5) is 8.78 Å². The van der Waals surface area contributed by atoms with Crippen LogP contribution < -0.4 is 21.8 Å². The quantitative estimate of drug-likeness (QED) is 0.0883. The standard InChI is InChI=1S/C26H31F2N3O4.C11H25N.C6H16N2.C4H8O/c1-15(2)11-29-12-16(3)8-9-31-22(29)14-30-13-19(24(33)25(34)23(30)26(31)35)21(32)7-5-17-4-6-18(27)10-20(17)28;1-10(2)6-5-7-11(3)8-9-12-4;1-6(5-7)3-4-8-2;1-4(2)3-5/h4,6,10,13,15-16,22,34H,5,7-9,11-12,14H2,1-3H3;10-12H,5-9H2,1-4H3;6,8H,3-5,7H2,1-2H3;3-4H,1-2H3/t16-,22?;11-;6-;/m101./s1. The number of carbonyl (C=O) groups is 3. The molecule has 5 N–H and O–H groups in total. The lowest BCUT2D eigenvalue weighted by Crippen LogP contribution is -2.57. The molecule has 4 rings (SSSR count). The molecule has 13 heteroatoms. The lowest BCUT2D eigenvalue weighted by atomic mass is 9.97. The molecule has 1 saturated heterocycles. The van der Waals surface area contributed by atoms with Crippen LogP contribution in [-0.4, -0.2) is 97.0 Å². The number of halogens is 2. The van der Waals surface area contributed by atoms with Crippen LogP contribution in [0.25, 0.3) is 0 Å².